The second-order valence-corrected chi connectivity index (χ2v) is 5.16. The molecule has 0 unspecified atom stereocenters. The van der Waals surface area contributed by atoms with Crippen LogP contribution in [0.3, 0.4) is 0 Å². The van der Waals surface area contributed by atoms with Gasteiger partial charge in [-0.15, -0.1) is 0 Å². The molecule has 0 amide bonds. The number of rotatable bonds is 7. The van der Waals surface area contributed by atoms with Crippen molar-refractivity contribution in [2.24, 2.45) is 5.41 Å². The topological polar surface area (TPSA) is 52.6 Å². The highest BCUT2D eigenvalue weighted by Gasteiger charge is 2.39. The second-order valence-electron chi connectivity index (χ2n) is 5.16. The number of hydrogen-bond donors (Lipinski definition) is 0. The highest BCUT2D eigenvalue weighted by atomic mass is 16.6. The molecular weight excluding hydrogens is 232 g/mol. The molecule has 4 heteroatoms. The molecule has 0 bridgehead atoms. The Morgan fingerprint density at radius 2 is 1.39 bits per heavy atom. The summed E-state index contributed by atoms with van der Waals surface area (Å²) in [4.78, 5) is 23.9. The van der Waals surface area contributed by atoms with E-state index in [2.05, 4.69) is 0 Å². The number of carbonyl (C=O) groups is 2. The Kier molecular flexibility index (Phi) is 6.96. The van der Waals surface area contributed by atoms with Gasteiger partial charge in [0.2, 0.25) is 0 Å². The van der Waals surface area contributed by atoms with Crippen LogP contribution in [0.5, 0.6) is 0 Å². The van der Waals surface area contributed by atoms with Gasteiger partial charge in [-0.1, -0.05) is 13.8 Å². The van der Waals surface area contributed by atoms with Crippen LogP contribution in [-0.4, -0.2) is 24.1 Å². The van der Waals surface area contributed by atoms with Crippen molar-refractivity contribution in [3.05, 3.63) is 0 Å². The van der Waals surface area contributed by atoms with E-state index in [-0.39, 0.29) is 30.6 Å². The molecule has 0 saturated heterocycles. The summed E-state index contributed by atoms with van der Waals surface area (Å²) < 4.78 is 10.4. The Labute approximate surface area is 110 Å². The minimum Gasteiger partial charge on any atom is -0.463 e. The second kappa shape index (κ2) is 7.39. The lowest BCUT2D eigenvalue weighted by atomic mass is 9.79. The maximum Gasteiger partial charge on any atom is 0.312 e. The Hall–Kier alpha value is -1.06. The van der Waals surface area contributed by atoms with E-state index >= 15 is 0 Å². The fourth-order valence-corrected chi connectivity index (χ4v) is 1.78. The third-order valence-corrected chi connectivity index (χ3v) is 2.98. The summed E-state index contributed by atoms with van der Waals surface area (Å²) in [5.41, 5.74) is -0.754. The lowest BCUT2D eigenvalue weighted by Crippen LogP contribution is -2.36. The van der Waals surface area contributed by atoms with Gasteiger partial charge in [0.05, 0.1) is 24.0 Å². The average Bonchev–Trinajstić information content (AvgIpc) is 2.23. The van der Waals surface area contributed by atoms with E-state index in [4.69, 9.17) is 9.47 Å². The Bertz CT molecular complexity index is 278. The molecule has 106 valence electrons. The Balaban J connectivity index is 4.80. The molecule has 18 heavy (non-hydrogen) atoms. The molecule has 0 aromatic carbocycles. The van der Waals surface area contributed by atoms with Crippen LogP contribution in [-0.2, 0) is 19.1 Å². The first-order valence-corrected chi connectivity index (χ1v) is 6.68. The van der Waals surface area contributed by atoms with Crippen LogP contribution in [0.25, 0.3) is 0 Å². The number of esters is 2. The maximum absolute atomic E-state index is 12.1. The summed E-state index contributed by atoms with van der Waals surface area (Å²) in [6.45, 7) is 11.0. The van der Waals surface area contributed by atoms with Crippen molar-refractivity contribution >= 4 is 11.9 Å². The van der Waals surface area contributed by atoms with Crippen LogP contribution in [0.1, 0.15) is 60.8 Å². The highest BCUT2D eigenvalue weighted by Crippen LogP contribution is 2.33. The average molecular weight is 258 g/mol. The summed E-state index contributed by atoms with van der Waals surface area (Å²) in [7, 11) is 0. The standard InChI is InChI=1S/C14H26O4/c1-7-14(8-2,13(16)18-11(5)6)9-12(15)17-10(3)4/h10-11H,7-9H2,1-6H3. The van der Waals surface area contributed by atoms with Crippen molar-refractivity contribution < 1.29 is 19.1 Å². The molecule has 4 nitrogen and oxygen atoms in total. The first-order chi connectivity index (χ1) is 8.27. The predicted octanol–water partition coefficient (Wildman–Crippen LogP) is 3.09. The molecule has 0 aromatic heterocycles. The molecule has 0 aliphatic heterocycles. The van der Waals surface area contributed by atoms with Gasteiger partial charge in [0, 0.05) is 0 Å². The molecule has 0 rings (SSSR count). The molecule has 0 N–H and O–H groups in total. The van der Waals surface area contributed by atoms with Gasteiger partial charge in [-0.3, -0.25) is 9.59 Å². The van der Waals surface area contributed by atoms with Crippen molar-refractivity contribution in [3.63, 3.8) is 0 Å². The Morgan fingerprint density at radius 3 is 1.72 bits per heavy atom. The zero-order chi connectivity index (χ0) is 14.3. The number of carbonyl (C=O) groups excluding carboxylic acids is 2. The summed E-state index contributed by atoms with van der Waals surface area (Å²) in [6, 6.07) is 0. The van der Waals surface area contributed by atoms with E-state index in [1.54, 1.807) is 27.7 Å². The minimum absolute atomic E-state index is 0.0870. The molecule has 0 aliphatic carbocycles. The zero-order valence-corrected chi connectivity index (χ0v) is 12.4. The maximum atomic E-state index is 12.1. The molecule has 0 spiro atoms. The minimum atomic E-state index is -0.754. The van der Waals surface area contributed by atoms with Crippen molar-refractivity contribution in [1.29, 1.82) is 0 Å². The van der Waals surface area contributed by atoms with Gasteiger partial charge in [0.25, 0.3) is 0 Å². The molecular formula is C14H26O4. The van der Waals surface area contributed by atoms with Gasteiger partial charge in [0.15, 0.2) is 0 Å². The van der Waals surface area contributed by atoms with E-state index < -0.39 is 5.41 Å². The van der Waals surface area contributed by atoms with Gasteiger partial charge in [-0.2, -0.15) is 0 Å². The first kappa shape index (κ1) is 16.9. The van der Waals surface area contributed by atoms with Gasteiger partial charge >= 0.3 is 11.9 Å². The van der Waals surface area contributed by atoms with E-state index in [0.29, 0.717) is 12.8 Å². The molecule has 0 radical (unpaired) electrons. The lowest BCUT2D eigenvalue weighted by molar-refractivity contribution is -0.167. The Morgan fingerprint density at radius 1 is 0.944 bits per heavy atom. The third-order valence-electron chi connectivity index (χ3n) is 2.98. The molecule has 0 saturated carbocycles. The highest BCUT2D eigenvalue weighted by molar-refractivity contribution is 5.83. The van der Waals surface area contributed by atoms with Crippen molar-refractivity contribution in [3.8, 4) is 0 Å². The molecule has 0 aromatic rings. The summed E-state index contributed by atoms with van der Waals surface area (Å²) in [5.74, 6) is -0.641. The van der Waals surface area contributed by atoms with Crippen LogP contribution in [0.4, 0.5) is 0 Å². The number of hydrogen-bond acceptors (Lipinski definition) is 4. The van der Waals surface area contributed by atoms with E-state index in [1.165, 1.54) is 0 Å². The monoisotopic (exact) mass is 258 g/mol. The van der Waals surface area contributed by atoms with Crippen LogP contribution in [0.2, 0.25) is 0 Å². The van der Waals surface area contributed by atoms with E-state index in [1.807, 2.05) is 13.8 Å². The van der Waals surface area contributed by atoms with Crippen LogP contribution < -0.4 is 0 Å². The quantitative estimate of drug-likeness (QED) is 0.658. The summed E-state index contributed by atoms with van der Waals surface area (Å²) in [6.07, 6.45) is 0.898. The first-order valence-electron chi connectivity index (χ1n) is 6.68. The van der Waals surface area contributed by atoms with Crippen molar-refractivity contribution in [2.45, 2.75) is 73.0 Å². The largest absolute Gasteiger partial charge is 0.463 e. The van der Waals surface area contributed by atoms with Gasteiger partial charge in [-0.25, -0.2) is 0 Å². The summed E-state index contributed by atoms with van der Waals surface area (Å²) in [5, 5.41) is 0. The predicted molar refractivity (Wildman–Crippen MR) is 70.1 cm³/mol. The smallest absolute Gasteiger partial charge is 0.312 e. The van der Waals surface area contributed by atoms with E-state index in [0.717, 1.165) is 0 Å². The van der Waals surface area contributed by atoms with Crippen LogP contribution >= 0.6 is 0 Å². The molecule has 0 fully saturated rings. The van der Waals surface area contributed by atoms with Gasteiger partial charge < -0.3 is 9.47 Å². The van der Waals surface area contributed by atoms with Crippen LogP contribution in [0.15, 0.2) is 0 Å². The van der Waals surface area contributed by atoms with Crippen LogP contribution in [0, 0.1) is 5.41 Å². The zero-order valence-electron chi connectivity index (χ0n) is 12.4. The van der Waals surface area contributed by atoms with E-state index in [9.17, 15) is 9.59 Å². The molecule has 0 heterocycles. The van der Waals surface area contributed by atoms with Crippen molar-refractivity contribution in [1.82, 2.24) is 0 Å². The van der Waals surface area contributed by atoms with Crippen molar-refractivity contribution in [2.75, 3.05) is 0 Å². The van der Waals surface area contributed by atoms with Gasteiger partial charge in [-0.05, 0) is 40.5 Å². The molecule has 0 aliphatic rings. The van der Waals surface area contributed by atoms with Gasteiger partial charge in [0.1, 0.15) is 0 Å². The third kappa shape index (κ3) is 5.07. The molecule has 0 atom stereocenters. The lowest BCUT2D eigenvalue weighted by Gasteiger charge is -2.29. The number of ether oxygens (including phenoxy) is 2. The normalized spacial score (nSPS) is 11.8. The fraction of sp³-hybridized carbons (Fsp3) is 0.857. The summed E-state index contributed by atoms with van der Waals surface area (Å²) >= 11 is 0. The fourth-order valence-electron chi connectivity index (χ4n) is 1.78. The SMILES string of the molecule is CCC(CC)(CC(=O)OC(C)C)C(=O)OC(C)C.